The number of carbonyl (C=O) groups excluding carboxylic acids is 1. The van der Waals surface area contributed by atoms with Crippen molar-refractivity contribution in [3.05, 3.63) is 77.8 Å². The van der Waals surface area contributed by atoms with Gasteiger partial charge in [0, 0.05) is 41.6 Å². The van der Waals surface area contributed by atoms with Gasteiger partial charge in [0.1, 0.15) is 28.7 Å². The Morgan fingerprint density at radius 3 is 2.62 bits per heavy atom. The second-order valence-corrected chi connectivity index (χ2v) is 9.64. The van der Waals surface area contributed by atoms with E-state index in [9.17, 15) is 18.0 Å². The van der Waals surface area contributed by atoms with Crippen LogP contribution < -0.4 is 11.1 Å². The fourth-order valence-corrected chi connectivity index (χ4v) is 5.22. The Kier molecular flexibility index (Phi) is 6.36. The summed E-state index contributed by atoms with van der Waals surface area (Å²) in [4.78, 5) is 25.8. The molecule has 1 aliphatic carbocycles. The molecule has 0 radical (unpaired) electrons. The van der Waals surface area contributed by atoms with Crippen LogP contribution in [0.25, 0.3) is 16.8 Å². The molecule has 0 saturated heterocycles. The van der Waals surface area contributed by atoms with Crippen molar-refractivity contribution >= 4 is 23.1 Å². The number of imidazole rings is 1. The molecular weight excluding hydrogens is 525 g/mol. The highest BCUT2D eigenvalue weighted by molar-refractivity contribution is 6.04. The van der Waals surface area contributed by atoms with Gasteiger partial charge in [-0.25, -0.2) is 15.0 Å². The minimum atomic E-state index is -4.54. The van der Waals surface area contributed by atoms with Crippen molar-refractivity contribution in [1.82, 2.24) is 40.0 Å². The maximum atomic E-state index is 13.0. The summed E-state index contributed by atoms with van der Waals surface area (Å²) in [7, 11) is 0. The first-order valence-corrected chi connectivity index (χ1v) is 12.6. The third-order valence-electron chi connectivity index (χ3n) is 7.13. The molecule has 1 aromatic carbocycles. The maximum absolute atomic E-state index is 13.0. The summed E-state index contributed by atoms with van der Waals surface area (Å²) >= 11 is 0. The van der Waals surface area contributed by atoms with E-state index >= 15 is 0 Å². The van der Waals surface area contributed by atoms with E-state index in [1.54, 1.807) is 30.5 Å². The molecule has 1 amide bonds. The molecule has 11 nitrogen and oxygen atoms in total. The van der Waals surface area contributed by atoms with Crippen LogP contribution in [-0.4, -0.2) is 45.9 Å². The number of benzene rings is 1. The number of aromatic nitrogens is 8. The number of rotatable bonds is 5. The maximum Gasteiger partial charge on any atom is 0.416 e. The number of amides is 1. The number of anilines is 2. The van der Waals surface area contributed by atoms with Gasteiger partial charge in [0.05, 0.1) is 5.56 Å². The first-order chi connectivity index (χ1) is 19.3. The van der Waals surface area contributed by atoms with Gasteiger partial charge < -0.3 is 11.1 Å². The largest absolute Gasteiger partial charge is 0.416 e. The normalized spacial score (nSPS) is 17.7. The molecule has 40 heavy (non-hydrogen) atoms. The van der Waals surface area contributed by atoms with E-state index in [0.717, 1.165) is 49.8 Å². The standard InChI is InChI=1S/C26H23F3N10O/c27-26(28,29)18-8-9-31-19(13-18)33-25(40)15-6-4-14(5-7-15)20-21-22(30)32-10-11-39(21)24(34-20)17-3-1-2-16(12-17)23-35-37-38-36-23/h4-11,13,16-17H,1-3,12H2,(H2,30,32)(H,31,33,40)(H,35,36,37,38)/t16-,17+/m0/s1. The van der Waals surface area contributed by atoms with Crippen LogP contribution in [0, 0.1) is 0 Å². The van der Waals surface area contributed by atoms with Gasteiger partial charge >= 0.3 is 6.18 Å². The van der Waals surface area contributed by atoms with Crippen LogP contribution in [0.15, 0.2) is 55.0 Å². The van der Waals surface area contributed by atoms with Gasteiger partial charge in [-0.05, 0) is 43.5 Å². The highest BCUT2D eigenvalue weighted by Gasteiger charge is 2.32. The van der Waals surface area contributed by atoms with Crippen molar-refractivity contribution < 1.29 is 18.0 Å². The summed E-state index contributed by atoms with van der Waals surface area (Å²) < 4.78 is 41.0. The molecule has 204 valence electrons. The lowest BCUT2D eigenvalue weighted by Gasteiger charge is -2.26. The van der Waals surface area contributed by atoms with Gasteiger partial charge in [0.25, 0.3) is 5.91 Å². The molecule has 0 bridgehead atoms. The van der Waals surface area contributed by atoms with Gasteiger partial charge in [0.2, 0.25) is 0 Å². The van der Waals surface area contributed by atoms with Crippen LogP contribution in [0.3, 0.4) is 0 Å². The number of tetrazole rings is 1. The number of nitrogens with two attached hydrogens (primary N) is 1. The van der Waals surface area contributed by atoms with Crippen molar-refractivity contribution in [1.29, 1.82) is 0 Å². The minimum absolute atomic E-state index is 0.130. The highest BCUT2D eigenvalue weighted by Crippen LogP contribution is 2.41. The smallest absolute Gasteiger partial charge is 0.382 e. The average molecular weight is 549 g/mol. The molecule has 5 aromatic rings. The van der Waals surface area contributed by atoms with Crippen molar-refractivity contribution in [2.24, 2.45) is 0 Å². The summed E-state index contributed by atoms with van der Waals surface area (Å²) in [6.45, 7) is 0. The molecule has 2 atom stereocenters. The zero-order chi connectivity index (χ0) is 27.9. The van der Waals surface area contributed by atoms with E-state index in [0.29, 0.717) is 28.4 Å². The zero-order valence-electron chi connectivity index (χ0n) is 20.9. The van der Waals surface area contributed by atoms with Crippen LogP contribution in [0.5, 0.6) is 0 Å². The number of alkyl halides is 3. The number of aromatic amines is 1. The quantitative estimate of drug-likeness (QED) is 0.288. The molecule has 4 N–H and O–H groups in total. The molecule has 1 fully saturated rings. The highest BCUT2D eigenvalue weighted by atomic mass is 19.4. The van der Waals surface area contributed by atoms with E-state index in [1.807, 2.05) is 10.6 Å². The van der Waals surface area contributed by atoms with Crippen LogP contribution in [0.4, 0.5) is 24.8 Å². The average Bonchev–Trinajstić information content (AvgIpc) is 3.63. The molecule has 14 heteroatoms. The molecule has 0 aliphatic heterocycles. The number of halogens is 3. The van der Waals surface area contributed by atoms with Gasteiger partial charge in [-0.1, -0.05) is 23.8 Å². The van der Waals surface area contributed by atoms with E-state index in [2.05, 4.69) is 35.9 Å². The lowest BCUT2D eigenvalue weighted by molar-refractivity contribution is -0.137. The number of nitrogens with one attached hydrogen (secondary N) is 2. The second kappa shape index (κ2) is 10.0. The van der Waals surface area contributed by atoms with Gasteiger partial charge in [-0.2, -0.15) is 18.4 Å². The molecule has 4 aromatic heterocycles. The van der Waals surface area contributed by atoms with Crippen molar-refractivity contribution in [3.8, 4) is 11.3 Å². The van der Waals surface area contributed by atoms with Crippen molar-refractivity contribution in [2.75, 3.05) is 11.1 Å². The lowest BCUT2D eigenvalue weighted by atomic mass is 9.80. The number of hydrogen-bond donors (Lipinski definition) is 3. The first-order valence-electron chi connectivity index (χ1n) is 12.6. The molecule has 1 aliphatic rings. The third kappa shape index (κ3) is 4.83. The second-order valence-electron chi connectivity index (χ2n) is 9.64. The number of nitrogens with zero attached hydrogens (tertiary/aromatic N) is 7. The number of pyridine rings is 1. The predicted molar refractivity (Wildman–Crippen MR) is 138 cm³/mol. The SMILES string of the molecule is Nc1nccn2c([C@@H]3CCC[C@H](c4nn[nH]n4)C3)nc(-c3ccc(C(=O)Nc4cc(C(F)(F)F)ccn4)cc3)c12. The van der Waals surface area contributed by atoms with E-state index < -0.39 is 17.6 Å². The summed E-state index contributed by atoms with van der Waals surface area (Å²) in [5.41, 5.74) is 7.62. The fourth-order valence-electron chi connectivity index (χ4n) is 5.22. The number of H-pyrrole nitrogens is 1. The van der Waals surface area contributed by atoms with Gasteiger partial charge in [0.15, 0.2) is 5.82 Å². The van der Waals surface area contributed by atoms with E-state index in [4.69, 9.17) is 10.7 Å². The summed E-state index contributed by atoms with van der Waals surface area (Å²) in [5, 5.41) is 17.0. The Morgan fingerprint density at radius 2 is 1.88 bits per heavy atom. The Labute approximate surface area is 225 Å². The van der Waals surface area contributed by atoms with Crippen LogP contribution in [0.2, 0.25) is 0 Å². The minimum Gasteiger partial charge on any atom is -0.382 e. The Morgan fingerprint density at radius 1 is 1.07 bits per heavy atom. The molecule has 0 spiro atoms. The fraction of sp³-hybridized carbons (Fsp3) is 0.269. The summed E-state index contributed by atoms with van der Waals surface area (Å²) in [5.74, 6) is 1.37. The summed E-state index contributed by atoms with van der Waals surface area (Å²) in [6, 6.07) is 8.21. The van der Waals surface area contributed by atoms with E-state index in [-0.39, 0.29) is 23.2 Å². The summed E-state index contributed by atoms with van der Waals surface area (Å²) in [6.07, 6.45) is 3.62. The number of carbonyl (C=O) groups is 1. The first kappa shape index (κ1) is 25.4. The lowest BCUT2D eigenvalue weighted by Crippen LogP contribution is -2.16. The van der Waals surface area contributed by atoms with Crippen LogP contribution in [-0.2, 0) is 6.18 Å². The number of fused-ring (bicyclic) bond motifs is 1. The predicted octanol–water partition coefficient (Wildman–Crippen LogP) is 4.60. The van der Waals surface area contributed by atoms with Crippen LogP contribution >= 0.6 is 0 Å². The molecular formula is C26H23F3N10O. The zero-order valence-corrected chi connectivity index (χ0v) is 20.9. The Hall–Kier alpha value is -4.88. The number of hydrogen-bond acceptors (Lipinski definition) is 8. The monoisotopic (exact) mass is 548 g/mol. The van der Waals surface area contributed by atoms with E-state index in [1.165, 1.54) is 0 Å². The number of nitrogen functional groups attached to an aromatic ring is 1. The Bertz CT molecular complexity index is 1660. The molecule has 1 saturated carbocycles. The Balaban J connectivity index is 1.28. The third-order valence-corrected chi connectivity index (χ3v) is 7.13. The van der Waals surface area contributed by atoms with Crippen LogP contribution in [0.1, 0.15) is 65.1 Å². The van der Waals surface area contributed by atoms with Gasteiger partial charge in [-0.15, -0.1) is 10.2 Å². The van der Waals surface area contributed by atoms with Crippen molar-refractivity contribution in [3.63, 3.8) is 0 Å². The van der Waals surface area contributed by atoms with Gasteiger partial charge in [-0.3, -0.25) is 9.20 Å². The topological polar surface area (TPSA) is 153 Å². The molecule has 0 unspecified atom stereocenters. The molecule has 6 rings (SSSR count). The molecule has 4 heterocycles. The van der Waals surface area contributed by atoms with Crippen molar-refractivity contribution in [2.45, 2.75) is 43.7 Å².